The number of hydrogen-bond donors (Lipinski definition) is 1. The van der Waals surface area contributed by atoms with Crippen molar-refractivity contribution in [2.75, 3.05) is 0 Å². The van der Waals surface area contributed by atoms with E-state index in [1.807, 2.05) is 42.5 Å². The number of aromatic nitrogens is 4. The molecule has 0 fully saturated rings. The topological polar surface area (TPSA) is 69.1 Å². The summed E-state index contributed by atoms with van der Waals surface area (Å²) < 4.78 is 1.76. The molecule has 0 bridgehead atoms. The molecular formula is C14H15N5. The van der Waals surface area contributed by atoms with Gasteiger partial charge in [0.05, 0.1) is 0 Å². The van der Waals surface area contributed by atoms with Crippen LogP contribution in [0.2, 0.25) is 0 Å². The Balaban J connectivity index is 1.73. The zero-order chi connectivity index (χ0) is 13.1. The molecule has 5 heteroatoms. The zero-order valence-corrected chi connectivity index (χ0v) is 10.5. The van der Waals surface area contributed by atoms with Gasteiger partial charge in [0.2, 0.25) is 0 Å². The number of fused-ring (bicyclic) bond motifs is 1. The Morgan fingerprint density at radius 2 is 1.89 bits per heavy atom. The van der Waals surface area contributed by atoms with Crippen molar-refractivity contribution in [3.63, 3.8) is 0 Å². The largest absolute Gasteiger partial charge is 0.324 e. The summed E-state index contributed by atoms with van der Waals surface area (Å²) in [6.45, 7) is 0. The molecule has 0 radical (unpaired) electrons. The molecule has 5 nitrogen and oxygen atoms in total. The minimum Gasteiger partial charge on any atom is -0.324 e. The van der Waals surface area contributed by atoms with E-state index in [0.29, 0.717) is 0 Å². The molecule has 0 spiro atoms. The summed E-state index contributed by atoms with van der Waals surface area (Å²) >= 11 is 0. The number of aryl methyl sites for hydroxylation is 1. The lowest BCUT2D eigenvalue weighted by Crippen LogP contribution is -2.12. The molecule has 19 heavy (non-hydrogen) atoms. The van der Waals surface area contributed by atoms with Gasteiger partial charge in [0, 0.05) is 18.7 Å². The van der Waals surface area contributed by atoms with Crippen molar-refractivity contribution in [2.24, 2.45) is 5.73 Å². The van der Waals surface area contributed by atoms with Crippen LogP contribution in [0.1, 0.15) is 23.9 Å². The Kier molecular flexibility index (Phi) is 3.20. The third kappa shape index (κ3) is 2.46. The molecule has 0 amide bonds. The highest BCUT2D eigenvalue weighted by Crippen LogP contribution is 2.15. The van der Waals surface area contributed by atoms with Crippen LogP contribution in [0.25, 0.3) is 5.65 Å². The smallest absolute Gasteiger partial charge is 0.177 e. The van der Waals surface area contributed by atoms with E-state index >= 15 is 0 Å². The fourth-order valence-electron chi connectivity index (χ4n) is 2.10. The lowest BCUT2D eigenvalue weighted by atomic mass is 10.0. The third-order valence-electron chi connectivity index (χ3n) is 3.15. The highest BCUT2D eigenvalue weighted by atomic mass is 15.4. The summed E-state index contributed by atoms with van der Waals surface area (Å²) in [6, 6.07) is 13.8. The first-order chi connectivity index (χ1) is 9.34. The van der Waals surface area contributed by atoms with E-state index in [-0.39, 0.29) is 6.04 Å². The van der Waals surface area contributed by atoms with Crippen LogP contribution in [0.3, 0.4) is 0 Å². The number of rotatable bonds is 4. The van der Waals surface area contributed by atoms with Crippen LogP contribution < -0.4 is 5.73 Å². The summed E-state index contributed by atoms with van der Waals surface area (Å²) in [5, 5.41) is 12.5. The molecule has 2 heterocycles. The lowest BCUT2D eigenvalue weighted by Gasteiger charge is -2.10. The van der Waals surface area contributed by atoms with Gasteiger partial charge in [0.15, 0.2) is 11.5 Å². The van der Waals surface area contributed by atoms with E-state index in [9.17, 15) is 0 Å². The van der Waals surface area contributed by atoms with Crippen LogP contribution in [0.5, 0.6) is 0 Å². The maximum absolute atomic E-state index is 6.18. The van der Waals surface area contributed by atoms with Gasteiger partial charge in [-0.05, 0) is 24.1 Å². The fourth-order valence-corrected chi connectivity index (χ4v) is 2.10. The van der Waals surface area contributed by atoms with Crippen LogP contribution in [0.15, 0.2) is 48.7 Å². The van der Waals surface area contributed by atoms with E-state index in [2.05, 4.69) is 15.3 Å². The van der Waals surface area contributed by atoms with Gasteiger partial charge in [-0.2, -0.15) is 9.61 Å². The number of nitrogens with zero attached hydrogens (tertiary/aromatic N) is 4. The van der Waals surface area contributed by atoms with Gasteiger partial charge < -0.3 is 5.73 Å². The Hall–Kier alpha value is -2.27. The monoisotopic (exact) mass is 253 g/mol. The third-order valence-corrected chi connectivity index (χ3v) is 3.15. The van der Waals surface area contributed by atoms with Crippen molar-refractivity contribution in [3.05, 3.63) is 60.0 Å². The highest BCUT2D eigenvalue weighted by molar-refractivity contribution is 5.34. The molecule has 0 saturated carbocycles. The molecule has 2 N–H and O–H groups in total. The Morgan fingerprint density at radius 3 is 2.74 bits per heavy atom. The normalized spacial score (nSPS) is 12.7. The summed E-state index contributed by atoms with van der Waals surface area (Å²) in [5.74, 6) is 0.849. The van der Waals surface area contributed by atoms with Crippen molar-refractivity contribution in [1.82, 2.24) is 19.8 Å². The molecule has 0 aliphatic rings. The van der Waals surface area contributed by atoms with Crippen LogP contribution in [-0.4, -0.2) is 19.8 Å². The van der Waals surface area contributed by atoms with Crippen molar-refractivity contribution in [2.45, 2.75) is 18.9 Å². The Bertz CT molecular complexity index is 662. The van der Waals surface area contributed by atoms with Gasteiger partial charge in [-0.25, -0.2) is 0 Å². The summed E-state index contributed by atoms with van der Waals surface area (Å²) in [4.78, 5) is 0. The van der Waals surface area contributed by atoms with Crippen LogP contribution >= 0.6 is 0 Å². The van der Waals surface area contributed by atoms with Gasteiger partial charge >= 0.3 is 0 Å². The lowest BCUT2D eigenvalue weighted by molar-refractivity contribution is 0.623. The number of nitrogens with two attached hydrogens (primary N) is 1. The van der Waals surface area contributed by atoms with E-state index in [1.54, 1.807) is 10.7 Å². The van der Waals surface area contributed by atoms with Crippen LogP contribution in [0, 0.1) is 0 Å². The van der Waals surface area contributed by atoms with Gasteiger partial charge in [-0.3, -0.25) is 0 Å². The van der Waals surface area contributed by atoms with Crippen molar-refractivity contribution >= 4 is 5.65 Å². The van der Waals surface area contributed by atoms with E-state index in [1.165, 1.54) is 0 Å². The molecule has 3 aromatic rings. The first-order valence-corrected chi connectivity index (χ1v) is 6.30. The average Bonchev–Trinajstić information content (AvgIpc) is 2.89. The summed E-state index contributed by atoms with van der Waals surface area (Å²) in [6.07, 6.45) is 3.31. The summed E-state index contributed by atoms with van der Waals surface area (Å²) in [7, 11) is 0. The Morgan fingerprint density at radius 1 is 1.05 bits per heavy atom. The standard InChI is InChI=1S/C14H15N5/c15-12(11-5-2-1-3-6-11)8-9-14-18-17-13-7-4-10-16-19(13)14/h1-7,10,12H,8-9,15H2. The molecule has 0 saturated heterocycles. The minimum atomic E-state index is 0.0114. The maximum atomic E-state index is 6.18. The molecule has 3 rings (SSSR count). The number of hydrogen-bond acceptors (Lipinski definition) is 4. The second-order valence-corrected chi connectivity index (χ2v) is 4.47. The number of benzene rings is 1. The molecule has 1 atom stereocenters. The Labute approximate surface area is 111 Å². The predicted octanol–water partition coefficient (Wildman–Crippen LogP) is 1.76. The van der Waals surface area contributed by atoms with Crippen LogP contribution in [-0.2, 0) is 6.42 Å². The molecule has 1 aromatic carbocycles. The molecule has 2 aromatic heterocycles. The quantitative estimate of drug-likeness (QED) is 0.769. The van der Waals surface area contributed by atoms with Gasteiger partial charge in [0.25, 0.3) is 0 Å². The molecule has 0 aliphatic carbocycles. The first-order valence-electron chi connectivity index (χ1n) is 6.30. The van der Waals surface area contributed by atoms with Gasteiger partial charge in [0.1, 0.15) is 0 Å². The zero-order valence-electron chi connectivity index (χ0n) is 10.5. The fraction of sp³-hybridized carbons (Fsp3) is 0.214. The van der Waals surface area contributed by atoms with Crippen LogP contribution in [0.4, 0.5) is 0 Å². The second-order valence-electron chi connectivity index (χ2n) is 4.47. The first kappa shape index (κ1) is 11.8. The SMILES string of the molecule is NC(CCc1nnc2cccnn12)c1ccccc1. The van der Waals surface area contributed by atoms with E-state index < -0.39 is 0 Å². The molecule has 1 unspecified atom stereocenters. The molecular weight excluding hydrogens is 238 g/mol. The molecule has 0 aliphatic heterocycles. The minimum absolute atomic E-state index is 0.0114. The van der Waals surface area contributed by atoms with Crippen molar-refractivity contribution in [1.29, 1.82) is 0 Å². The van der Waals surface area contributed by atoms with Gasteiger partial charge in [-0.1, -0.05) is 30.3 Å². The maximum Gasteiger partial charge on any atom is 0.177 e. The molecule has 96 valence electrons. The van der Waals surface area contributed by atoms with Crippen molar-refractivity contribution in [3.8, 4) is 0 Å². The summed E-state index contributed by atoms with van der Waals surface area (Å²) in [5.41, 5.74) is 8.09. The van der Waals surface area contributed by atoms with E-state index in [4.69, 9.17) is 5.73 Å². The second kappa shape index (κ2) is 5.16. The van der Waals surface area contributed by atoms with E-state index in [0.717, 1.165) is 29.9 Å². The predicted molar refractivity (Wildman–Crippen MR) is 72.5 cm³/mol. The van der Waals surface area contributed by atoms with Crippen molar-refractivity contribution < 1.29 is 0 Å². The highest BCUT2D eigenvalue weighted by Gasteiger charge is 2.10. The average molecular weight is 253 g/mol. The van der Waals surface area contributed by atoms with Gasteiger partial charge in [-0.15, -0.1) is 10.2 Å².